The molecule has 2 aromatic heterocycles. The third kappa shape index (κ3) is 3.69. The zero-order valence-electron chi connectivity index (χ0n) is 13.9. The van der Waals surface area contributed by atoms with Gasteiger partial charge in [-0.15, -0.1) is 0 Å². The van der Waals surface area contributed by atoms with Crippen LogP contribution in [0.2, 0.25) is 0 Å². The summed E-state index contributed by atoms with van der Waals surface area (Å²) in [6, 6.07) is 6.98. The smallest absolute Gasteiger partial charge is 0.274 e. The maximum atomic E-state index is 13.0. The molecule has 1 aliphatic rings. The first kappa shape index (κ1) is 16.4. The molecule has 0 atom stereocenters. The number of hydrogen-bond acceptors (Lipinski definition) is 4. The van der Waals surface area contributed by atoms with E-state index in [1.165, 1.54) is 23.2 Å². The molecule has 0 radical (unpaired) electrons. The Balaban J connectivity index is 1.88. The van der Waals surface area contributed by atoms with Gasteiger partial charge < -0.3 is 4.90 Å². The second kappa shape index (κ2) is 7.38. The summed E-state index contributed by atoms with van der Waals surface area (Å²) in [5.41, 5.74) is 1.09. The number of carbonyl (C=O) groups excluding carboxylic acids is 1. The largest absolute Gasteiger partial charge is 0.330 e. The molecule has 6 heteroatoms. The summed E-state index contributed by atoms with van der Waals surface area (Å²) in [6.07, 6.45) is 9.05. The fraction of sp³-hybridized carbons (Fsp3) is 0.444. The number of aryl methyl sites for hydroxylation is 1. The van der Waals surface area contributed by atoms with Crippen LogP contribution in [0.25, 0.3) is 0 Å². The Labute approximate surface area is 141 Å². The number of amides is 1. The third-order valence-electron chi connectivity index (χ3n) is 4.53. The number of nitrogens with zero attached hydrogens (tertiary/aromatic N) is 4. The van der Waals surface area contributed by atoms with E-state index in [0.717, 1.165) is 31.2 Å². The van der Waals surface area contributed by atoms with E-state index in [1.54, 1.807) is 19.4 Å². The SMILES string of the molecule is Cn1nc(C(=O)N(Cc2cccnc2)C2CCCCC2)ccc1=O. The quantitative estimate of drug-likeness (QED) is 0.863. The lowest BCUT2D eigenvalue weighted by atomic mass is 9.93. The van der Waals surface area contributed by atoms with Gasteiger partial charge in [-0.2, -0.15) is 5.10 Å². The zero-order chi connectivity index (χ0) is 16.9. The van der Waals surface area contributed by atoms with Gasteiger partial charge in [0.15, 0.2) is 0 Å². The van der Waals surface area contributed by atoms with Gasteiger partial charge in [-0.3, -0.25) is 14.6 Å². The number of pyridine rings is 1. The van der Waals surface area contributed by atoms with Crippen LogP contribution in [0.15, 0.2) is 41.5 Å². The number of aromatic nitrogens is 3. The van der Waals surface area contributed by atoms with E-state index in [9.17, 15) is 9.59 Å². The molecule has 0 N–H and O–H groups in total. The van der Waals surface area contributed by atoms with Gasteiger partial charge in [0.1, 0.15) is 5.69 Å². The van der Waals surface area contributed by atoms with E-state index in [1.807, 2.05) is 17.0 Å². The molecular weight excluding hydrogens is 304 g/mol. The molecular formula is C18H22N4O2. The van der Waals surface area contributed by atoms with E-state index in [2.05, 4.69) is 10.1 Å². The van der Waals surface area contributed by atoms with Crippen LogP contribution in [0, 0.1) is 0 Å². The molecule has 0 spiro atoms. The fourth-order valence-corrected chi connectivity index (χ4v) is 3.21. The number of rotatable bonds is 4. The Morgan fingerprint density at radius 3 is 2.71 bits per heavy atom. The molecule has 2 aromatic rings. The van der Waals surface area contributed by atoms with Crippen LogP contribution in [0.3, 0.4) is 0 Å². The molecule has 1 amide bonds. The van der Waals surface area contributed by atoms with Crippen molar-refractivity contribution in [2.45, 2.75) is 44.7 Å². The molecule has 6 nitrogen and oxygen atoms in total. The van der Waals surface area contributed by atoms with Gasteiger partial charge in [0.25, 0.3) is 11.5 Å². The Kier molecular flexibility index (Phi) is 5.03. The zero-order valence-corrected chi connectivity index (χ0v) is 13.9. The van der Waals surface area contributed by atoms with E-state index in [-0.39, 0.29) is 17.5 Å². The molecule has 2 heterocycles. The first-order valence-corrected chi connectivity index (χ1v) is 8.39. The molecule has 3 rings (SSSR count). The highest BCUT2D eigenvalue weighted by Crippen LogP contribution is 2.25. The molecule has 1 saturated carbocycles. The summed E-state index contributed by atoms with van der Waals surface area (Å²) in [7, 11) is 1.56. The molecule has 0 unspecified atom stereocenters. The highest BCUT2D eigenvalue weighted by Gasteiger charge is 2.27. The van der Waals surface area contributed by atoms with Crippen LogP contribution in [0.1, 0.15) is 48.2 Å². The average molecular weight is 326 g/mol. The van der Waals surface area contributed by atoms with Gasteiger partial charge in [-0.25, -0.2) is 4.68 Å². The molecule has 1 aliphatic carbocycles. The van der Waals surface area contributed by atoms with Crippen LogP contribution >= 0.6 is 0 Å². The lowest BCUT2D eigenvalue weighted by Crippen LogP contribution is -2.42. The van der Waals surface area contributed by atoms with Gasteiger partial charge in [0, 0.05) is 38.1 Å². The molecule has 24 heavy (non-hydrogen) atoms. The Bertz CT molecular complexity index is 751. The summed E-state index contributed by atoms with van der Waals surface area (Å²) in [6.45, 7) is 0.516. The van der Waals surface area contributed by atoms with Crippen molar-refractivity contribution in [2.75, 3.05) is 0 Å². The highest BCUT2D eigenvalue weighted by atomic mass is 16.2. The van der Waals surface area contributed by atoms with Crippen LogP contribution < -0.4 is 5.56 Å². The predicted octanol–water partition coefficient (Wildman–Crippen LogP) is 2.15. The average Bonchev–Trinajstić information content (AvgIpc) is 2.63. The van der Waals surface area contributed by atoms with Crippen molar-refractivity contribution in [2.24, 2.45) is 7.05 Å². The lowest BCUT2D eigenvalue weighted by molar-refractivity contribution is 0.0605. The highest BCUT2D eigenvalue weighted by molar-refractivity contribution is 5.92. The fourth-order valence-electron chi connectivity index (χ4n) is 3.21. The second-order valence-electron chi connectivity index (χ2n) is 6.27. The maximum absolute atomic E-state index is 13.0. The van der Waals surface area contributed by atoms with Crippen LogP contribution in [-0.2, 0) is 13.6 Å². The Hall–Kier alpha value is -2.50. The summed E-state index contributed by atoms with van der Waals surface area (Å²) < 4.78 is 1.20. The standard InChI is InChI=1S/C18H22N4O2/c1-21-17(23)10-9-16(20-21)18(24)22(15-7-3-2-4-8-15)13-14-6-5-11-19-12-14/h5-6,9-12,15H,2-4,7-8,13H2,1H3. The summed E-state index contributed by atoms with van der Waals surface area (Å²) in [4.78, 5) is 30.6. The summed E-state index contributed by atoms with van der Waals surface area (Å²) in [5, 5.41) is 4.13. The van der Waals surface area contributed by atoms with Gasteiger partial charge >= 0.3 is 0 Å². The van der Waals surface area contributed by atoms with Crippen molar-refractivity contribution >= 4 is 5.91 Å². The van der Waals surface area contributed by atoms with Gasteiger partial charge in [-0.05, 0) is 30.5 Å². The van der Waals surface area contributed by atoms with Crippen molar-refractivity contribution < 1.29 is 4.79 Å². The van der Waals surface area contributed by atoms with Crippen molar-refractivity contribution in [3.63, 3.8) is 0 Å². The first-order chi connectivity index (χ1) is 11.6. The van der Waals surface area contributed by atoms with Crippen molar-refractivity contribution in [3.8, 4) is 0 Å². The number of carbonyl (C=O) groups is 1. The topological polar surface area (TPSA) is 68.1 Å². The monoisotopic (exact) mass is 326 g/mol. The first-order valence-electron chi connectivity index (χ1n) is 8.39. The van der Waals surface area contributed by atoms with E-state index >= 15 is 0 Å². The third-order valence-corrected chi connectivity index (χ3v) is 4.53. The molecule has 0 aliphatic heterocycles. The minimum absolute atomic E-state index is 0.124. The molecule has 0 aromatic carbocycles. The van der Waals surface area contributed by atoms with Crippen molar-refractivity contribution in [1.29, 1.82) is 0 Å². The van der Waals surface area contributed by atoms with Crippen molar-refractivity contribution in [1.82, 2.24) is 19.7 Å². The van der Waals surface area contributed by atoms with Crippen LogP contribution in [0.4, 0.5) is 0 Å². The van der Waals surface area contributed by atoms with Crippen LogP contribution in [0.5, 0.6) is 0 Å². The predicted molar refractivity (Wildman–Crippen MR) is 90.5 cm³/mol. The molecule has 126 valence electrons. The van der Waals surface area contributed by atoms with E-state index in [0.29, 0.717) is 12.2 Å². The minimum Gasteiger partial charge on any atom is -0.330 e. The summed E-state index contributed by atoms with van der Waals surface area (Å²) in [5.74, 6) is -0.124. The second-order valence-corrected chi connectivity index (χ2v) is 6.27. The summed E-state index contributed by atoms with van der Waals surface area (Å²) >= 11 is 0. The van der Waals surface area contributed by atoms with Crippen molar-refractivity contribution in [3.05, 3.63) is 58.3 Å². The van der Waals surface area contributed by atoms with Gasteiger partial charge in [-0.1, -0.05) is 25.3 Å². The number of hydrogen-bond donors (Lipinski definition) is 0. The van der Waals surface area contributed by atoms with Gasteiger partial charge in [0.2, 0.25) is 0 Å². The maximum Gasteiger partial charge on any atom is 0.274 e. The molecule has 1 fully saturated rings. The van der Waals surface area contributed by atoms with E-state index in [4.69, 9.17) is 0 Å². The van der Waals surface area contributed by atoms with Gasteiger partial charge in [0.05, 0.1) is 0 Å². The molecule has 0 bridgehead atoms. The minimum atomic E-state index is -0.219. The van der Waals surface area contributed by atoms with Crippen LogP contribution in [-0.4, -0.2) is 31.6 Å². The Morgan fingerprint density at radius 1 is 1.25 bits per heavy atom. The Morgan fingerprint density at radius 2 is 2.04 bits per heavy atom. The van der Waals surface area contributed by atoms with E-state index < -0.39 is 0 Å². The normalized spacial score (nSPS) is 15.2. The molecule has 0 saturated heterocycles. The lowest BCUT2D eigenvalue weighted by Gasteiger charge is -2.34.